The monoisotopic (exact) mass is 712 g/mol. The van der Waals surface area contributed by atoms with E-state index in [2.05, 4.69) is 24.1 Å². The topological polar surface area (TPSA) is 102 Å². The van der Waals surface area contributed by atoms with Gasteiger partial charge in [0.1, 0.15) is 23.8 Å². The molecule has 1 unspecified atom stereocenters. The SMILES string of the molecule is CC1(C)CC(=O)C2=C(C1)NC1=C(O)CCC=C1N(C(=O)CCC(=O)N1CCC(N3CCCC3)CC1)C2c1ccc(OCc2ccccc2)cc1Cl. The summed E-state index contributed by atoms with van der Waals surface area (Å²) in [5, 5.41) is 15.0. The number of nitrogens with one attached hydrogen (secondary N) is 1. The second-order valence-corrected chi connectivity index (χ2v) is 15.8. The Bertz CT molecular complexity index is 1770. The number of piperidine rings is 1. The lowest BCUT2D eigenvalue weighted by Gasteiger charge is -2.38. The highest BCUT2D eigenvalue weighted by molar-refractivity contribution is 6.31. The molecule has 3 heterocycles. The molecule has 3 aliphatic heterocycles. The van der Waals surface area contributed by atoms with Gasteiger partial charge in [-0.3, -0.25) is 19.3 Å². The molecule has 2 saturated heterocycles. The minimum absolute atomic E-state index is 0.0303. The highest BCUT2D eigenvalue weighted by Gasteiger charge is 2.46. The van der Waals surface area contributed by atoms with Crippen LogP contribution in [-0.2, 0) is 21.0 Å². The molecule has 2 N–H and O–H groups in total. The van der Waals surface area contributed by atoms with Crippen LogP contribution in [0.15, 0.2) is 83.0 Å². The molecule has 2 aliphatic carbocycles. The van der Waals surface area contributed by atoms with E-state index in [1.807, 2.05) is 53.4 Å². The normalized spacial score (nSPS) is 22.6. The molecule has 9 nitrogen and oxygen atoms in total. The number of amides is 2. The quantitative estimate of drug-likeness (QED) is 0.295. The van der Waals surface area contributed by atoms with Crippen molar-refractivity contribution in [2.75, 3.05) is 26.2 Å². The van der Waals surface area contributed by atoms with Crippen LogP contribution in [-0.4, -0.2) is 69.6 Å². The summed E-state index contributed by atoms with van der Waals surface area (Å²) >= 11 is 7.08. The van der Waals surface area contributed by atoms with Gasteiger partial charge in [-0.2, -0.15) is 0 Å². The van der Waals surface area contributed by atoms with Crippen molar-refractivity contribution in [3.63, 3.8) is 0 Å². The number of hydrogen-bond acceptors (Lipinski definition) is 7. The van der Waals surface area contributed by atoms with Gasteiger partial charge in [-0.1, -0.05) is 67.9 Å². The van der Waals surface area contributed by atoms with Gasteiger partial charge in [-0.05, 0) is 80.3 Å². The molecular weight excluding hydrogens is 664 g/mol. The van der Waals surface area contributed by atoms with Crippen LogP contribution in [0.5, 0.6) is 5.75 Å². The largest absolute Gasteiger partial charge is 0.510 e. The van der Waals surface area contributed by atoms with Crippen molar-refractivity contribution in [2.45, 2.75) is 96.7 Å². The van der Waals surface area contributed by atoms with E-state index in [1.54, 1.807) is 11.0 Å². The number of aliphatic hydroxyl groups is 1. The number of fused-ring (bicyclic) bond motifs is 1. The Hall–Kier alpha value is -4.08. The Labute approximate surface area is 305 Å². The van der Waals surface area contributed by atoms with Crippen molar-refractivity contribution in [2.24, 2.45) is 5.41 Å². The molecule has 7 rings (SSSR count). The molecule has 0 bridgehead atoms. The summed E-state index contributed by atoms with van der Waals surface area (Å²) in [7, 11) is 0. The molecule has 10 heteroatoms. The fraction of sp³-hybridized carbons (Fsp3) is 0.488. The third kappa shape index (κ3) is 7.61. The number of nitrogens with zero attached hydrogens (tertiary/aromatic N) is 3. The van der Waals surface area contributed by atoms with Crippen LogP contribution in [0.25, 0.3) is 0 Å². The van der Waals surface area contributed by atoms with Gasteiger partial charge in [0.05, 0.1) is 11.7 Å². The van der Waals surface area contributed by atoms with Crippen LogP contribution in [0.1, 0.15) is 95.2 Å². The zero-order valence-electron chi connectivity index (χ0n) is 29.8. The molecule has 2 aromatic carbocycles. The number of benzene rings is 2. The number of Topliss-reactive ketones (excluding diaryl/α,β-unsaturated/α-hetero) is 1. The summed E-state index contributed by atoms with van der Waals surface area (Å²) in [6.45, 7) is 8.16. The fourth-order valence-electron chi connectivity index (χ4n) is 8.47. The average Bonchev–Trinajstić information content (AvgIpc) is 3.61. The molecule has 5 aliphatic rings. The van der Waals surface area contributed by atoms with Crippen LogP contribution in [0.2, 0.25) is 5.02 Å². The lowest BCUT2D eigenvalue weighted by atomic mass is 9.73. The molecule has 1 atom stereocenters. The molecule has 51 heavy (non-hydrogen) atoms. The summed E-state index contributed by atoms with van der Waals surface area (Å²) in [5.41, 5.74) is 3.37. The maximum absolute atomic E-state index is 14.6. The number of aliphatic hydroxyl groups excluding tert-OH is 1. The maximum atomic E-state index is 14.6. The molecule has 2 amide bonds. The summed E-state index contributed by atoms with van der Waals surface area (Å²) in [6.07, 6.45) is 8.18. The minimum atomic E-state index is -0.861. The first-order valence-corrected chi connectivity index (χ1v) is 18.9. The number of carbonyl (C=O) groups is 3. The van der Waals surface area contributed by atoms with Gasteiger partial charge in [-0.25, -0.2) is 0 Å². The number of ether oxygens (including phenoxy) is 1. The second kappa shape index (κ2) is 14.9. The second-order valence-electron chi connectivity index (χ2n) is 15.4. The summed E-state index contributed by atoms with van der Waals surface area (Å²) in [5.74, 6) is 0.302. The predicted octanol–water partition coefficient (Wildman–Crippen LogP) is 7.35. The van der Waals surface area contributed by atoms with Gasteiger partial charge in [0.15, 0.2) is 5.78 Å². The van der Waals surface area contributed by atoms with Crippen LogP contribution < -0.4 is 10.1 Å². The maximum Gasteiger partial charge on any atom is 0.228 e. The van der Waals surface area contributed by atoms with E-state index < -0.39 is 6.04 Å². The number of allylic oxidation sites excluding steroid dienone is 3. The molecule has 0 aromatic heterocycles. The standard InChI is InChI=1S/C41H49ClN4O5/c1-41(2)24-32-38(35(48)25-41)40(30-14-13-29(23-31(30)42)51-26-27-9-4-3-5-10-27)46(33-11-8-12-34(47)39(33)43-32)37(50)16-15-36(49)45-21-17-28(18-22-45)44-19-6-7-20-44/h3-5,9-11,13-14,23,28,40,43,47H,6-8,12,15-22,24-26H2,1-2H3. The van der Waals surface area contributed by atoms with Crippen LogP contribution >= 0.6 is 11.6 Å². The minimum Gasteiger partial charge on any atom is -0.510 e. The number of hydrogen-bond donors (Lipinski definition) is 2. The van der Waals surface area contributed by atoms with E-state index in [4.69, 9.17) is 16.3 Å². The van der Waals surface area contributed by atoms with Crippen molar-refractivity contribution in [1.29, 1.82) is 0 Å². The van der Waals surface area contributed by atoms with E-state index in [-0.39, 0.29) is 41.6 Å². The number of halogens is 1. The van der Waals surface area contributed by atoms with E-state index in [0.29, 0.717) is 90.4 Å². The van der Waals surface area contributed by atoms with Gasteiger partial charge < -0.3 is 25.0 Å². The van der Waals surface area contributed by atoms with Gasteiger partial charge >= 0.3 is 0 Å². The Kier molecular flexibility index (Phi) is 10.3. The van der Waals surface area contributed by atoms with Gasteiger partial charge in [0.25, 0.3) is 0 Å². The molecule has 2 aromatic rings. The molecule has 270 valence electrons. The first kappa shape index (κ1) is 35.3. The fourth-order valence-corrected chi connectivity index (χ4v) is 8.74. The number of likely N-dealkylation sites (tertiary alicyclic amines) is 2. The third-order valence-electron chi connectivity index (χ3n) is 11.1. The van der Waals surface area contributed by atoms with Crippen LogP contribution in [0.4, 0.5) is 0 Å². The smallest absolute Gasteiger partial charge is 0.228 e. The van der Waals surface area contributed by atoms with E-state index in [9.17, 15) is 19.5 Å². The molecule has 0 radical (unpaired) electrons. The highest BCUT2D eigenvalue weighted by atomic mass is 35.5. The number of rotatable bonds is 8. The van der Waals surface area contributed by atoms with Crippen molar-refractivity contribution in [3.8, 4) is 5.75 Å². The van der Waals surface area contributed by atoms with E-state index in [0.717, 1.165) is 31.5 Å². The summed E-state index contributed by atoms with van der Waals surface area (Å²) in [4.78, 5) is 48.4. The zero-order chi connectivity index (χ0) is 35.7. The molecular formula is C41H49ClN4O5. The van der Waals surface area contributed by atoms with E-state index >= 15 is 0 Å². The first-order valence-electron chi connectivity index (χ1n) is 18.5. The summed E-state index contributed by atoms with van der Waals surface area (Å²) < 4.78 is 6.07. The van der Waals surface area contributed by atoms with Crippen molar-refractivity contribution < 1.29 is 24.2 Å². The Morgan fingerprint density at radius 1 is 0.980 bits per heavy atom. The summed E-state index contributed by atoms with van der Waals surface area (Å²) in [6, 6.07) is 14.9. The van der Waals surface area contributed by atoms with Crippen molar-refractivity contribution >= 4 is 29.2 Å². The van der Waals surface area contributed by atoms with E-state index in [1.165, 1.54) is 12.8 Å². The zero-order valence-corrected chi connectivity index (χ0v) is 30.5. The lowest BCUT2D eigenvalue weighted by Crippen LogP contribution is -2.46. The highest BCUT2D eigenvalue weighted by Crippen LogP contribution is 2.49. The average molecular weight is 713 g/mol. The first-order chi connectivity index (χ1) is 24.6. The predicted molar refractivity (Wildman–Crippen MR) is 197 cm³/mol. The Morgan fingerprint density at radius 2 is 1.71 bits per heavy atom. The molecule has 0 spiro atoms. The molecule has 2 fully saturated rings. The third-order valence-corrected chi connectivity index (χ3v) is 11.4. The Morgan fingerprint density at radius 3 is 2.43 bits per heavy atom. The van der Waals surface area contributed by atoms with Crippen LogP contribution in [0, 0.1) is 5.41 Å². The number of carbonyl (C=O) groups excluding carboxylic acids is 3. The van der Waals surface area contributed by atoms with Crippen molar-refractivity contribution in [1.82, 2.24) is 20.0 Å². The Balaban J connectivity index is 1.19. The molecule has 0 saturated carbocycles. The van der Waals surface area contributed by atoms with Gasteiger partial charge in [0, 0.05) is 61.1 Å². The lowest BCUT2D eigenvalue weighted by molar-refractivity contribution is -0.138. The van der Waals surface area contributed by atoms with Gasteiger partial charge in [0.2, 0.25) is 11.8 Å². The van der Waals surface area contributed by atoms with Gasteiger partial charge in [-0.15, -0.1) is 0 Å². The van der Waals surface area contributed by atoms with Crippen molar-refractivity contribution in [3.05, 3.63) is 99.2 Å². The van der Waals surface area contributed by atoms with Crippen LogP contribution in [0.3, 0.4) is 0 Å². The number of ketones is 1.